The number of likely N-dealkylation sites (tertiary alicyclic amines) is 1. The molecule has 1 aliphatic heterocycles. The van der Waals surface area contributed by atoms with Crippen LogP contribution >= 0.6 is 0 Å². The molecule has 4 nitrogen and oxygen atoms in total. The number of rotatable bonds is 2. The van der Waals surface area contributed by atoms with Crippen molar-refractivity contribution in [3.8, 4) is 0 Å². The summed E-state index contributed by atoms with van der Waals surface area (Å²) in [5.74, 6) is -0.370. The molecule has 2 amide bonds. The van der Waals surface area contributed by atoms with Crippen LogP contribution in [0.15, 0.2) is 0 Å². The lowest BCUT2D eigenvalue weighted by atomic mass is 10.1. The van der Waals surface area contributed by atoms with Crippen molar-refractivity contribution in [2.45, 2.75) is 39.3 Å². The molecule has 1 aliphatic rings. The Morgan fingerprint density at radius 1 is 1.62 bits per heavy atom. The van der Waals surface area contributed by atoms with Gasteiger partial charge in [0.1, 0.15) is 6.04 Å². The van der Waals surface area contributed by atoms with Gasteiger partial charge in [-0.3, -0.25) is 9.59 Å². The van der Waals surface area contributed by atoms with Crippen LogP contribution in [0.25, 0.3) is 0 Å². The number of carbonyl (C=O) groups excluding carboxylic acids is 2. The minimum atomic E-state index is -0.479. The highest BCUT2D eigenvalue weighted by molar-refractivity contribution is 5.88. The SMILES string of the molecule is CC1C[C@H](C)C(=O)N1[C@@H](C)C(N)=O. The van der Waals surface area contributed by atoms with Gasteiger partial charge in [0.25, 0.3) is 0 Å². The molecule has 2 N–H and O–H groups in total. The van der Waals surface area contributed by atoms with Crippen molar-refractivity contribution in [1.29, 1.82) is 0 Å². The maximum atomic E-state index is 11.6. The van der Waals surface area contributed by atoms with E-state index in [0.29, 0.717) is 0 Å². The van der Waals surface area contributed by atoms with Gasteiger partial charge in [-0.25, -0.2) is 0 Å². The number of nitrogens with two attached hydrogens (primary N) is 1. The molecule has 74 valence electrons. The maximum absolute atomic E-state index is 11.6. The summed E-state index contributed by atoms with van der Waals surface area (Å²) in [5, 5.41) is 0. The van der Waals surface area contributed by atoms with Crippen LogP contribution in [0.4, 0.5) is 0 Å². The first kappa shape index (κ1) is 10.0. The summed E-state index contributed by atoms with van der Waals surface area (Å²) < 4.78 is 0. The molecule has 1 saturated heterocycles. The molecule has 3 atom stereocenters. The number of carbonyl (C=O) groups is 2. The summed E-state index contributed by atoms with van der Waals surface area (Å²) in [6.07, 6.45) is 0.816. The van der Waals surface area contributed by atoms with E-state index in [1.165, 1.54) is 0 Å². The van der Waals surface area contributed by atoms with Crippen molar-refractivity contribution in [2.24, 2.45) is 11.7 Å². The lowest BCUT2D eigenvalue weighted by molar-refractivity contribution is -0.138. The van der Waals surface area contributed by atoms with Gasteiger partial charge in [-0.15, -0.1) is 0 Å². The Labute approximate surface area is 78.1 Å². The van der Waals surface area contributed by atoms with Crippen LogP contribution in [0.2, 0.25) is 0 Å². The summed E-state index contributed by atoms with van der Waals surface area (Å²) >= 11 is 0. The zero-order chi connectivity index (χ0) is 10.2. The van der Waals surface area contributed by atoms with E-state index in [9.17, 15) is 9.59 Å². The monoisotopic (exact) mass is 184 g/mol. The number of primary amides is 1. The molecule has 1 heterocycles. The predicted molar refractivity (Wildman–Crippen MR) is 48.7 cm³/mol. The van der Waals surface area contributed by atoms with E-state index < -0.39 is 11.9 Å². The van der Waals surface area contributed by atoms with E-state index in [-0.39, 0.29) is 17.9 Å². The zero-order valence-electron chi connectivity index (χ0n) is 8.28. The quantitative estimate of drug-likeness (QED) is 0.662. The van der Waals surface area contributed by atoms with Gasteiger partial charge >= 0.3 is 0 Å². The van der Waals surface area contributed by atoms with Crippen molar-refractivity contribution in [2.75, 3.05) is 0 Å². The Morgan fingerprint density at radius 2 is 2.15 bits per heavy atom. The Kier molecular flexibility index (Phi) is 2.59. The van der Waals surface area contributed by atoms with Crippen LogP contribution in [0.3, 0.4) is 0 Å². The summed E-state index contributed by atoms with van der Waals surface area (Å²) in [6, 6.07) is -0.350. The fraction of sp³-hybridized carbons (Fsp3) is 0.778. The molecule has 0 spiro atoms. The largest absolute Gasteiger partial charge is 0.368 e. The molecule has 13 heavy (non-hydrogen) atoms. The van der Waals surface area contributed by atoms with Crippen LogP contribution < -0.4 is 5.73 Å². The number of hydrogen-bond acceptors (Lipinski definition) is 2. The highest BCUT2D eigenvalue weighted by atomic mass is 16.2. The number of hydrogen-bond donors (Lipinski definition) is 1. The lowest BCUT2D eigenvalue weighted by Crippen LogP contribution is -2.46. The minimum Gasteiger partial charge on any atom is -0.368 e. The van der Waals surface area contributed by atoms with Crippen molar-refractivity contribution < 1.29 is 9.59 Å². The predicted octanol–water partition coefficient (Wildman–Crippen LogP) is 0.117. The van der Waals surface area contributed by atoms with E-state index in [4.69, 9.17) is 5.73 Å². The number of amides is 2. The normalized spacial score (nSPS) is 30.7. The van der Waals surface area contributed by atoms with Gasteiger partial charge in [0.2, 0.25) is 11.8 Å². The van der Waals surface area contributed by atoms with Gasteiger partial charge in [-0.2, -0.15) is 0 Å². The van der Waals surface area contributed by atoms with E-state index in [2.05, 4.69) is 0 Å². The molecule has 1 rings (SSSR count). The second-order valence-electron chi connectivity index (χ2n) is 3.81. The van der Waals surface area contributed by atoms with Crippen LogP contribution in [0.1, 0.15) is 27.2 Å². The van der Waals surface area contributed by atoms with Crippen molar-refractivity contribution in [1.82, 2.24) is 4.90 Å². The van der Waals surface area contributed by atoms with Gasteiger partial charge in [-0.05, 0) is 20.3 Å². The number of nitrogens with zero attached hydrogens (tertiary/aromatic N) is 1. The molecule has 0 aromatic rings. The fourth-order valence-corrected chi connectivity index (χ4v) is 1.91. The van der Waals surface area contributed by atoms with Crippen molar-refractivity contribution in [3.63, 3.8) is 0 Å². The molecule has 0 saturated carbocycles. The fourth-order valence-electron chi connectivity index (χ4n) is 1.91. The van der Waals surface area contributed by atoms with Gasteiger partial charge in [-0.1, -0.05) is 6.92 Å². The molecule has 0 aromatic carbocycles. The molecule has 0 radical (unpaired) electrons. The Bertz CT molecular complexity index is 240. The van der Waals surface area contributed by atoms with E-state index in [1.807, 2.05) is 13.8 Å². The Balaban J connectivity index is 2.79. The molecular formula is C9H16N2O2. The van der Waals surface area contributed by atoms with Crippen LogP contribution in [0.5, 0.6) is 0 Å². The van der Waals surface area contributed by atoms with Crippen molar-refractivity contribution >= 4 is 11.8 Å². The Morgan fingerprint density at radius 3 is 2.46 bits per heavy atom. The molecule has 1 fully saturated rings. The average Bonchev–Trinajstić information content (AvgIpc) is 2.26. The average molecular weight is 184 g/mol. The molecule has 0 aromatic heterocycles. The zero-order valence-corrected chi connectivity index (χ0v) is 8.28. The maximum Gasteiger partial charge on any atom is 0.239 e. The summed E-state index contributed by atoms with van der Waals surface area (Å²) in [7, 11) is 0. The third-order valence-electron chi connectivity index (χ3n) is 2.67. The molecule has 0 bridgehead atoms. The van der Waals surface area contributed by atoms with E-state index >= 15 is 0 Å². The molecule has 1 unspecified atom stereocenters. The molecular weight excluding hydrogens is 168 g/mol. The summed E-state index contributed by atoms with van der Waals surface area (Å²) in [4.78, 5) is 24.1. The lowest BCUT2D eigenvalue weighted by Gasteiger charge is -2.26. The molecule has 0 aliphatic carbocycles. The van der Waals surface area contributed by atoms with Crippen LogP contribution in [-0.4, -0.2) is 28.8 Å². The first-order chi connectivity index (χ1) is 5.95. The van der Waals surface area contributed by atoms with E-state index in [0.717, 1.165) is 6.42 Å². The summed E-state index contributed by atoms with van der Waals surface area (Å²) in [6.45, 7) is 5.50. The second-order valence-corrected chi connectivity index (χ2v) is 3.81. The van der Waals surface area contributed by atoms with Gasteiger partial charge in [0, 0.05) is 12.0 Å². The first-order valence-corrected chi connectivity index (χ1v) is 4.56. The summed E-state index contributed by atoms with van der Waals surface area (Å²) in [5.41, 5.74) is 5.15. The minimum absolute atomic E-state index is 0.0248. The smallest absolute Gasteiger partial charge is 0.239 e. The standard InChI is InChI=1S/C9H16N2O2/c1-5-4-6(2)11(9(5)13)7(3)8(10)12/h5-7H,4H2,1-3H3,(H2,10,12)/t5-,6?,7-/m0/s1. The molecule has 4 heteroatoms. The first-order valence-electron chi connectivity index (χ1n) is 4.56. The van der Waals surface area contributed by atoms with Gasteiger partial charge in [0.15, 0.2) is 0 Å². The van der Waals surface area contributed by atoms with Crippen LogP contribution in [0, 0.1) is 5.92 Å². The van der Waals surface area contributed by atoms with Gasteiger partial charge in [0.05, 0.1) is 0 Å². The van der Waals surface area contributed by atoms with Gasteiger partial charge < -0.3 is 10.6 Å². The third kappa shape index (κ3) is 1.66. The third-order valence-corrected chi connectivity index (χ3v) is 2.67. The van der Waals surface area contributed by atoms with E-state index in [1.54, 1.807) is 11.8 Å². The van der Waals surface area contributed by atoms with Crippen molar-refractivity contribution in [3.05, 3.63) is 0 Å². The highest BCUT2D eigenvalue weighted by Gasteiger charge is 2.38. The Hall–Kier alpha value is -1.06. The van der Waals surface area contributed by atoms with Crippen LogP contribution in [-0.2, 0) is 9.59 Å². The topological polar surface area (TPSA) is 63.4 Å². The second kappa shape index (κ2) is 3.36. The highest BCUT2D eigenvalue weighted by Crippen LogP contribution is 2.25.